The Morgan fingerprint density at radius 3 is 2.95 bits per heavy atom. The van der Waals surface area contributed by atoms with Gasteiger partial charge in [0.05, 0.1) is 17.0 Å². The van der Waals surface area contributed by atoms with Gasteiger partial charge in [0.15, 0.2) is 11.5 Å². The van der Waals surface area contributed by atoms with Gasteiger partial charge in [-0.3, -0.25) is 10.1 Å². The Hall–Kier alpha value is -1.55. The standard InChI is InChI=1S/C15H16ClNO4S/c1-3-5-21-13-10(16)6-9(7-12(13)20-4-2)14-17-11(8-22-14)15(18)19/h1,6-7,11,14,17H,4-5,8H2,2H3,(H,18,19)/t11-,14+/m1/s1. The zero-order valence-electron chi connectivity index (χ0n) is 12.0. The van der Waals surface area contributed by atoms with Crippen LogP contribution in [-0.4, -0.2) is 36.1 Å². The van der Waals surface area contributed by atoms with Gasteiger partial charge in [-0.2, -0.15) is 0 Å². The molecule has 2 N–H and O–H groups in total. The second kappa shape index (κ2) is 7.63. The molecule has 0 unspecified atom stereocenters. The van der Waals surface area contributed by atoms with Gasteiger partial charge in [0.2, 0.25) is 0 Å². The molecule has 1 aliphatic rings. The lowest BCUT2D eigenvalue weighted by atomic mass is 10.2. The summed E-state index contributed by atoms with van der Waals surface area (Å²) >= 11 is 7.77. The number of halogens is 1. The van der Waals surface area contributed by atoms with E-state index in [1.165, 1.54) is 11.8 Å². The van der Waals surface area contributed by atoms with Gasteiger partial charge in [-0.25, -0.2) is 0 Å². The zero-order chi connectivity index (χ0) is 16.1. The second-order valence-corrected chi connectivity index (χ2v) is 6.07. The molecule has 2 rings (SSSR count). The summed E-state index contributed by atoms with van der Waals surface area (Å²) in [5.74, 6) is 2.93. The van der Waals surface area contributed by atoms with E-state index in [4.69, 9.17) is 32.6 Å². The van der Waals surface area contributed by atoms with Crippen LogP contribution in [0, 0.1) is 12.3 Å². The van der Waals surface area contributed by atoms with Gasteiger partial charge in [-0.05, 0) is 24.6 Å². The van der Waals surface area contributed by atoms with Crippen LogP contribution >= 0.6 is 23.4 Å². The quantitative estimate of drug-likeness (QED) is 0.775. The molecule has 1 aromatic rings. The third-order valence-corrected chi connectivity index (χ3v) is 4.56. The van der Waals surface area contributed by atoms with Crippen LogP contribution in [-0.2, 0) is 4.79 Å². The summed E-state index contributed by atoms with van der Waals surface area (Å²) < 4.78 is 11.0. The van der Waals surface area contributed by atoms with Crippen molar-refractivity contribution < 1.29 is 19.4 Å². The minimum atomic E-state index is -0.861. The lowest BCUT2D eigenvalue weighted by Gasteiger charge is -2.17. The molecule has 1 aromatic carbocycles. The number of terminal acetylenes is 1. The normalized spacial score (nSPS) is 20.4. The summed E-state index contributed by atoms with van der Waals surface area (Å²) in [5, 5.41) is 12.3. The molecular weight excluding hydrogens is 326 g/mol. The van der Waals surface area contributed by atoms with Crippen molar-refractivity contribution in [1.82, 2.24) is 5.32 Å². The number of nitrogens with one attached hydrogen (secondary N) is 1. The van der Waals surface area contributed by atoms with Crippen LogP contribution in [0.4, 0.5) is 0 Å². The number of benzene rings is 1. The summed E-state index contributed by atoms with van der Waals surface area (Å²) in [6.45, 7) is 2.40. The first-order valence-electron chi connectivity index (χ1n) is 6.69. The van der Waals surface area contributed by atoms with Gasteiger partial charge in [0.1, 0.15) is 12.6 Å². The largest absolute Gasteiger partial charge is 0.490 e. The monoisotopic (exact) mass is 341 g/mol. The van der Waals surface area contributed by atoms with Crippen molar-refractivity contribution in [3.63, 3.8) is 0 Å². The van der Waals surface area contributed by atoms with E-state index >= 15 is 0 Å². The molecule has 118 valence electrons. The average Bonchev–Trinajstić information content (AvgIpc) is 2.96. The van der Waals surface area contributed by atoms with E-state index in [2.05, 4.69) is 11.2 Å². The van der Waals surface area contributed by atoms with Crippen molar-refractivity contribution in [2.24, 2.45) is 0 Å². The molecule has 0 saturated carbocycles. The minimum Gasteiger partial charge on any atom is -0.490 e. The molecule has 0 spiro atoms. The van der Waals surface area contributed by atoms with Crippen LogP contribution < -0.4 is 14.8 Å². The SMILES string of the molecule is C#CCOc1c(Cl)cc([C@H]2N[C@@H](C(=O)O)CS2)cc1OCC. The summed E-state index contributed by atoms with van der Waals surface area (Å²) in [6.07, 6.45) is 5.20. The summed E-state index contributed by atoms with van der Waals surface area (Å²) in [4.78, 5) is 11.0. The van der Waals surface area contributed by atoms with Crippen LogP contribution in [0.15, 0.2) is 12.1 Å². The lowest BCUT2D eigenvalue weighted by molar-refractivity contribution is -0.138. The molecule has 2 atom stereocenters. The Kier molecular flexibility index (Phi) is 5.83. The van der Waals surface area contributed by atoms with Crippen LogP contribution in [0.5, 0.6) is 11.5 Å². The Labute approximate surface area is 138 Å². The molecule has 0 amide bonds. The van der Waals surface area contributed by atoms with Gasteiger partial charge in [-0.15, -0.1) is 18.2 Å². The molecular formula is C15H16ClNO4S. The maximum absolute atomic E-state index is 11.0. The highest BCUT2D eigenvalue weighted by Gasteiger charge is 2.31. The van der Waals surface area contributed by atoms with E-state index in [1.54, 1.807) is 12.1 Å². The second-order valence-electron chi connectivity index (χ2n) is 4.53. The Balaban J connectivity index is 2.26. The first-order chi connectivity index (χ1) is 10.6. The maximum atomic E-state index is 11.0. The third kappa shape index (κ3) is 3.80. The molecule has 0 aromatic heterocycles. The van der Waals surface area contributed by atoms with E-state index in [-0.39, 0.29) is 12.0 Å². The predicted molar refractivity (Wildman–Crippen MR) is 86.7 cm³/mol. The Bertz CT molecular complexity index is 602. The minimum absolute atomic E-state index is 0.0939. The van der Waals surface area contributed by atoms with Gasteiger partial charge < -0.3 is 14.6 Å². The van der Waals surface area contributed by atoms with E-state index in [9.17, 15) is 4.79 Å². The topological polar surface area (TPSA) is 67.8 Å². The van der Waals surface area contributed by atoms with Crippen molar-refractivity contribution in [3.8, 4) is 23.8 Å². The highest BCUT2D eigenvalue weighted by Crippen LogP contribution is 2.42. The van der Waals surface area contributed by atoms with Crippen molar-refractivity contribution in [2.45, 2.75) is 18.3 Å². The number of ether oxygens (including phenoxy) is 2. The molecule has 0 aliphatic carbocycles. The molecule has 7 heteroatoms. The molecule has 5 nitrogen and oxygen atoms in total. The number of aliphatic carboxylic acids is 1. The number of rotatable bonds is 6. The smallest absolute Gasteiger partial charge is 0.321 e. The van der Waals surface area contributed by atoms with Crippen LogP contribution in [0.2, 0.25) is 5.02 Å². The van der Waals surface area contributed by atoms with Crippen molar-refractivity contribution in [3.05, 3.63) is 22.7 Å². The molecule has 1 heterocycles. The van der Waals surface area contributed by atoms with Crippen LogP contribution in [0.3, 0.4) is 0 Å². The Morgan fingerprint density at radius 2 is 2.36 bits per heavy atom. The van der Waals surface area contributed by atoms with Crippen molar-refractivity contribution in [1.29, 1.82) is 0 Å². The number of carbonyl (C=O) groups is 1. The molecule has 0 bridgehead atoms. The third-order valence-electron chi connectivity index (χ3n) is 3.01. The van der Waals surface area contributed by atoms with E-state index in [0.717, 1.165) is 5.56 Å². The number of hydrogen-bond donors (Lipinski definition) is 2. The van der Waals surface area contributed by atoms with Gasteiger partial charge >= 0.3 is 5.97 Å². The highest BCUT2D eigenvalue weighted by atomic mass is 35.5. The van der Waals surface area contributed by atoms with Crippen LogP contribution in [0.25, 0.3) is 0 Å². The van der Waals surface area contributed by atoms with Crippen molar-refractivity contribution >= 4 is 29.3 Å². The summed E-state index contributed by atoms with van der Waals surface area (Å²) in [5.41, 5.74) is 0.843. The number of thioether (sulfide) groups is 1. The van der Waals surface area contributed by atoms with E-state index < -0.39 is 12.0 Å². The fourth-order valence-corrected chi connectivity index (χ4v) is 3.55. The first kappa shape index (κ1) is 16.8. The first-order valence-corrected chi connectivity index (χ1v) is 8.12. The zero-order valence-corrected chi connectivity index (χ0v) is 13.5. The van der Waals surface area contributed by atoms with Gasteiger partial charge in [0, 0.05) is 5.75 Å². The molecule has 1 saturated heterocycles. The highest BCUT2D eigenvalue weighted by molar-refractivity contribution is 7.99. The van der Waals surface area contributed by atoms with Crippen LogP contribution in [0.1, 0.15) is 17.9 Å². The predicted octanol–water partition coefficient (Wildman–Crippen LogP) is 2.54. The fourth-order valence-electron chi connectivity index (χ4n) is 2.06. The number of hydrogen-bond acceptors (Lipinski definition) is 5. The molecule has 1 aliphatic heterocycles. The lowest BCUT2D eigenvalue weighted by Crippen LogP contribution is -2.33. The average molecular weight is 342 g/mol. The summed E-state index contributed by atoms with van der Waals surface area (Å²) in [6, 6.07) is 2.97. The summed E-state index contributed by atoms with van der Waals surface area (Å²) in [7, 11) is 0. The molecule has 1 fully saturated rings. The maximum Gasteiger partial charge on any atom is 0.321 e. The fraction of sp³-hybridized carbons (Fsp3) is 0.400. The molecule has 22 heavy (non-hydrogen) atoms. The number of carboxylic acid groups (broad SMARTS) is 1. The molecule has 0 radical (unpaired) electrons. The van der Waals surface area contributed by atoms with E-state index in [0.29, 0.717) is 28.9 Å². The van der Waals surface area contributed by atoms with E-state index in [1.807, 2.05) is 6.92 Å². The number of carboxylic acids is 1. The van der Waals surface area contributed by atoms with Gasteiger partial charge in [0.25, 0.3) is 0 Å². The Morgan fingerprint density at radius 1 is 1.59 bits per heavy atom. The van der Waals surface area contributed by atoms with Gasteiger partial charge in [-0.1, -0.05) is 17.5 Å². The van der Waals surface area contributed by atoms with Crippen molar-refractivity contribution in [2.75, 3.05) is 19.0 Å².